The lowest BCUT2D eigenvalue weighted by atomic mass is 10.2. The van der Waals surface area contributed by atoms with E-state index in [2.05, 4.69) is 0 Å². The third kappa shape index (κ3) is 5.15. The van der Waals surface area contributed by atoms with E-state index in [4.69, 9.17) is 4.74 Å². The highest BCUT2D eigenvalue weighted by Crippen LogP contribution is 2.21. The van der Waals surface area contributed by atoms with Gasteiger partial charge in [0.05, 0.1) is 11.1 Å². The zero-order valence-electron chi connectivity index (χ0n) is 13.1. The Morgan fingerprint density at radius 3 is 1.65 bits per heavy atom. The smallest absolute Gasteiger partial charge is 0.346 e. The van der Waals surface area contributed by atoms with Crippen LogP contribution in [-0.4, -0.2) is 23.4 Å². The SMILES string of the molecule is CCSc1cccc(C(=O)OC(=O)c2cccc(SCC)c2)c1. The fourth-order valence-electron chi connectivity index (χ4n) is 1.96. The van der Waals surface area contributed by atoms with Gasteiger partial charge in [-0.3, -0.25) is 0 Å². The van der Waals surface area contributed by atoms with Crippen LogP contribution in [0.2, 0.25) is 0 Å². The first-order valence-corrected chi connectivity index (χ1v) is 9.33. The molecule has 0 heterocycles. The normalized spacial score (nSPS) is 10.3. The molecule has 3 nitrogen and oxygen atoms in total. The van der Waals surface area contributed by atoms with Crippen molar-refractivity contribution in [3.63, 3.8) is 0 Å². The van der Waals surface area contributed by atoms with Gasteiger partial charge in [0.1, 0.15) is 0 Å². The Morgan fingerprint density at radius 2 is 1.26 bits per heavy atom. The van der Waals surface area contributed by atoms with Gasteiger partial charge >= 0.3 is 11.9 Å². The first kappa shape index (κ1) is 17.6. The number of benzene rings is 2. The zero-order valence-corrected chi connectivity index (χ0v) is 14.7. The summed E-state index contributed by atoms with van der Waals surface area (Å²) in [6.45, 7) is 4.08. The Morgan fingerprint density at radius 1 is 0.826 bits per heavy atom. The number of rotatable bonds is 6. The van der Waals surface area contributed by atoms with E-state index in [-0.39, 0.29) is 0 Å². The first-order chi connectivity index (χ1) is 11.1. The minimum atomic E-state index is -0.623. The molecule has 0 saturated heterocycles. The van der Waals surface area contributed by atoms with Gasteiger partial charge < -0.3 is 4.74 Å². The summed E-state index contributed by atoms with van der Waals surface area (Å²) in [5.41, 5.74) is 0.770. The average Bonchev–Trinajstić information content (AvgIpc) is 2.56. The van der Waals surface area contributed by atoms with Gasteiger partial charge in [-0.05, 0) is 47.9 Å². The van der Waals surface area contributed by atoms with Crippen molar-refractivity contribution in [3.05, 3.63) is 59.7 Å². The molecule has 2 aromatic carbocycles. The van der Waals surface area contributed by atoms with Gasteiger partial charge in [0.2, 0.25) is 0 Å². The molecule has 0 saturated carbocycles. The number of hydrogen-bond donors (Lipinski definition) is 0. The Hall–Kier alpha value is -1.72. The van der Waals surface area contributed by atoms with Crippen LogP contribution in [0, 0.1) is 0 Å². The van der Waals surface area contributed by atoms with Gasteiger partial charge in [-0.1, -0.05) is 26.0 Å². The van der Waals surface area contributed by atoms with Gasteiger partial charge in [0.25, 0.3) is 0 Å². The maximum Gasteiger partial charge on any atom is 0.346 e. The first-order valence-electron chi connectivity index (χ1n) is 7.36. The summed E-state index contributed by atoms with van der Waals surface area (Å²) < 4.78 is 4.99. The van der Waals surface area contributed by atoms with Crippen LogP contribution in [0.5, 0.6) is 0 Å². The highest BCUT2D eigenvalue weighted by molar-refractivity contribution is 7.99. The van der Waals surface area contributed by atoms with E-state index in [1.165, 1.54) is 0 Å². The Kier molecular flexibility index (Phi) is 6.74. The number of esters is 2. The van der Waals surface area contributed by atoms with Crippen LogP contribution in [0.1, 0.15) is 34.6 Å². The second kappa shape index (κ2) is 8.79. The van der Waals surface area contributed by atoms with Crippen molar-refractivity contribution < 1.29 is 14.3 Å². The predicted molar refractivity (Wildman–Crippen MR) is 95.4 cm³/mol. The van der Waals surface area contributed by atoms with E-state index in [0.717, 1.165) is 21.3 Å². The molecule has 0 unspecified atom stereocenters. The molecule has 2 aromatic rings. The van der Waals surface area contributed by atoms with E-state index >= 15 is 0 Å². The summed E-state index contributed by atoms with van der Waals surface area (Å²) in [5, 5.41) is 0. The Balaban J connectivity index is 2.09. The second-order valence-corrected chi connectivity index (χ2v) is 7.27. The summed E-state index contributed by atoms with van der Waals surface area (Å²) in [6, 6.07) is 14.2. The molecule has 0 aliphatic rings. The minimum Gasteiger partial charge on any atom is -0.386 e. The van der Waals surface area contributed by atoms with Crippen LogP contribution < -0.4 is 0 Å². The van der Waals surface area contributed by atoms with Crippen LogP contribution in [0.3, 0.4) is 0 Å². The van der Waals surface area contributed by atoms with Gasteiger partial charge in [-0.2, -0.15) is 0 Å². The third-order valence-electron chi connectivity index (χ3n) is 2.95. The summed E-state index contributed by atoms with van der Waals surface area (Å²) in [4.78, 5) is 26.2. The Bertz CT molecular complexity index is 639. The second-order valence-electron chi connectivity index (χ2n) is 4.60. The maximum absolute atomic E-state index is 12.1. The van der Waals surface area contributed by atoms with Crippen molar-refractivity contribution in [2.24, 2.45) is 0 Å². The standard InChI is InChI=1S/C18H18O3S2/c1-3-22-15-9-5-7-13(11-15)17(19)21-18(20)14-8-6-10-16(12-14)23-4-2/h5-12H,3-4H2,1-2H3. The molecule has 2 rings (SSSR count). The molecule has 0 amide bonds. The van der Waals surface area contributed by atoms with Crippen molar-refractivity contribution in [1.29, 1.82) is 0 Å². The summed E-state index contributed by atoms with van der Waals surface area (Å²) >= 11 is 3.27. The van der Waals surface area contributed by atoms with E-state index < -0.39 is 11.9 Å². The molecule has 0 fully saturated rings. The molecule has 0 spiro atoms. The maximum atomic E-state index is 12.1. The predicted octanol–water partition coefficient (Wildman–Crippen LogP) is 4.91. The quantitative estimate of drug-likeness (QED) is 0.422. The highest BCUT2D eigenvalue weighted by Gasteiger charge is 2.15. The molecular weight excluding hydrogens is 328 g/mol. The van der Waals surface area contributed by atoms with Gasteiger partial charge in [-0.25, -0.2) is 9.59 Å². The van der Waals surface area contributed by atoms with Crippen molar-refractivity contribution in [3.8, 4) is 0 Å². The highest BCUT2D eigenvalue weighted by atomic mass is 32.2. The van der Waals surface area contributed by atoms with Crippen molar-refractivity contribution >= 4 is 35.5 Å². The van der Waals surface area contributed by atoms with Crippen LogP contribution in [0.15, 0.2) is 58.3 Å². The van der Waals surface area contributed by atoms with Gasteiger partial charge in [0.15, 0.2) is 0 Å². The molecule has 0 radical (unpaired) electrons. The summed E-state index contributed by atoms with van der Waals surface area (Å²) in [6.07, 6.45) is 0. The molecule has 0 bridgehead atoms. The molecule has 0 aliphatic heterocycles. The van der Waals surface area contributed by atoms with Crippen molar-refractivity contribution in [2.45, 2.75) is 23.6 Å². The monoisotopic (exact) mass is 346 g/mol. The van der Waals surface area contributed by atoms with Gasteiger partial charge in [-0.15, -0.1) is 23.5 Å². The van der Waals surface area contributed by atoms with Crippen molar-refractivity contribution in [1.82, 2.24) is 0 Å². The lowest BCUT2D eigenvalue weighted by Crippen LogP contribution is -2.13. The largest absolute Gasteiger partial charge is 0.386 e. The summed E-state index contributed by atoms with van der Waals surface area (Å²) in [7, 11) is 0. The average molecular weight is 346 g/mol. The number of carbonyl (C=O) groups excluding carboxylic acids is 2. The summed E-state index contributed by atoms with van der Waals surface area (Å²) in [5.74, 6) is 0.586. The Labute approximate surface area is 144 Å². The third-order valence-corrected chi connectivity index (χ3v) is 4.70. The zero-order chi connectivity index (χ0) is 16.7. The van der Waals surface area contributed by atoms with Crippen LogP contribution >= 0.6 is 23.5 Å². The molecule has 0 aromatic heterocycles. The minimum absolute atomic E-state index is 0.385. The number of carbonyl (C=O) groups is 2. The molecule has 0 atom stereocenters. The lowest BCUT2D eigenvalue weighted by Gasteiger charge is -2.06. The molecule has 120 valence electrons. The topological polar surface area (TPSA) is 43.4 Å². The number of hydrogen-bond acceptors (Lipinski definition) is 5. The van der Waals surface area contributed by atoms with Gasteiger partial charge in [0, 0.05) is 9.79 Å². The van der Waals surface area contributed by atoms with E-state index in [9.17, 15) is 9.59 Å². The number of thioether (sulfide) groups is 2. The van der Waals surface area contributed by atoms with E-state index in [0.29, 0.717) is 11.1 Å². The molecule has 23 heavy (non-hydrogen) atoms. The fourth-order valence-corrected chi connectivity index (χ4v) is 3.40. The lowest BCUT2D eigenvalue weighted by molar-refractivity contribution is 0.0397. The fraction of sp³-hybridized carbons (Fsp3) is 0.222. The van der Waals surface area contributed by atoms with E-state index in [1.807, 2.05) is 26.0 Å². The van der Waals surface area contributed by atoms with Crippen LogP contribution in [0.25, 0.3) is 0 Å². The van der Waals surface area contributed by atoms with Crippen LogP contribution in [-0.2, 0) is 4.74 Å². The molecule has 0 aliphatic carbocycles. The van der Waals surface area contributed by atoms with Crippen molar-refractivity contribution in [2.75, 3.05) is 11.5 Å². The molecule has 0 N–H and O–H groups in total. The molecule has 5 heteroatoms. The number of ether oxygens (including phenoxy) is 1. The van der Waals surface area contributed by atoms with Crippen LogP contribution in [0.4, 0.5) is 0 Å². The van der Waals surface area contributed by atoms with E-state index in [1.54, 1.807) is 59.9 Å². The molecular formula is C18H18O3S2.